The number of hydrogen-bond acceptors (Lipinski definition) is 5. The summed E-state index contributed by atoms with van der Waals surface area (Å²) in [5.41, 5.74) is 1.04. The molecule has 1 aliphatic carbocycles. The van der Waals surface area contributed by atoms with Gasteiger partial charge in [-0.1, -0.05) is 19.3 Å². The van der Waals surface area contributed by atoms with Crippen LogP contribution >= 0.6 is 11.3 Å². The molecule has 1 amide bonds. The van der Waals surface area contributed by atoms with Crippen molar-refractivity contribution in [3.8, 4) is 0 Å². The van der Waals surface area contributed by atoms with Gasteiger partial charge < -0.3 is 10.1 Å². The lowest BCUT2D eigenvalue weighted by molar-refractivity contribution is 0.0374. The molecule has 27 heavy (non-hydrogen) atoms. The molecule has 0 bridgehead atoms. The molecule has 2 fully saturated rings. The second-order valence-electron chi connectivity index (χ2n) is 7.71. The number of morpholine rings is 1. The first-order valence-corrected chi connectivity index (χ1v) is 11.1. The van der Waals surface area contributed by atoms with E-state index in [-0.39, 0.29) is 5.91 Å². The first-order valence-electron chi connectivity index (χ1n) is 10.3. The zero-order chi connectivity index (χ0) is 18.6. The van der Waals surface area contributed by atoms with Crippen LogP contribution in [0.4, 0.5) is 0 Å². The van der Waals surface area contributed by atoms with Crippen LogP contribution in [0.15, 0.2) is 6.07 Å². The molecule has 1 N–H and O–H groups in total. The summed E-state index contributed by atoms with van der Waals surface area (Å²) < 4.78 is 7.57. The van der Waals surface area contributed by atoms with Crippen molar-refractivity contribution in [2.75, 3.05) is 39.4 Å². The van der Waals surface area contributed by atoms with Crippen molar-refractivity contribution in [2.45, 2.75) is 51.5 Å². The van der Waals surface area contributed by atoms with Crippen molar-refractivity contribution in [3.05, 3.63) is 16.6 Å². The minimum Gasteiger partial charge on any atom is -0.379 e. The number of aryl methyl sites for hydroxylation is 1. The summed E-state index contributed by atoms with van der Waals surface area (Å²) in [5, 5.41) is 9.01. The molecule has 3 heterocycles. The zero-order valence-corrected chi connectivity index (χ0v) is 17.0. The fraction of sp³-hybridized carbons (Fsp3) is 0.700. The number of fused-ring (bicyclic) bond motifs is 1. The van der Waals surface area contributed by atoms with Crippen molar-refractivity contribution < 1.29 is 9.53 Å². The van der Waals surface area contributed by atoms with Gasteiger partial charge in [-0.25, -0.2) is 0 Å². The second-order valence-corrected chi connectivity index (χ2v) is 8.75. The molecule has 2 aromatic heterocycles. The van der Waals surface area contributed by atoms with E-state index in [1.54, 1.807) is 11.3 Å². The van der Waals surface area contributed by atoms with Gasteiger partial charge in [0.1, 0.15) is 4.83 Å². The Bertz CT molecular complexity index is 772. The van der Waals surface area contributed by atoms with Gasteiger partial charge in [0.15, 0.2) is 0 Å². The number of nitrogens with one attached hydrogen (secondary N) is 1. The molecule has 2 aromatic rings. The minimum atomic E-state index is 0.0489. The summed E-state index contributed by atoms with van der Waals surface area (Å²) in [4.78, 5) is 17.0. The van der Waals surface area contributed by atoms with Crippen LogP contribution in [0.25, 0.3) is 10.2 Å². The van der Waals surface area contributed by atoms with E-state index in [2.05, 4.69) is 21.8 Å². The molecular weight excluding hydrogens is 360 g/mol. The van der Waals surface area contributed by atoms with Crippen molar-refractivity contribution in [1.29, 1.82) is 0 Å². The SMILES string of the molecule is Cc1nn(C2CCCCC2)c2sc(C(=O)NCCCN3CCOCC3)cc12. The Hall–Kier alpha value is -1.44. The lowest BCUT2D eigenvalue weighted by Gasteiger charge is -2.26. The molecule has 1 saturated carbocycles. The normalized spacial score (nSPS) is 19.6. The van der Waals surface area contributed by atoms with Crippen molar-refractivity contribution in [2.24, 2.45) is 0 Å². The van der Waals surface area contributed by atoms with E-state index in [1.165, 1.54) is 32.1 Å². The predicted molar refractivity (Wildman–Crippen MR) is 109 cm³/mol. The molecule has 0 atom stereocenters. The zero-order valence-electron chi connectivity index (χ0n) is 16.2. The van der Waals surface area contributed by atoms with E-state index in [9.17, 15) is 4.79 Å². The number of thiophene rings is 1. The highest BCUT2D eigenvalue weighted by molar-refractivity contribution is 7.20. The van der Waals surface area contributed by atoms with Crippen molar-refractivity contribution >= 4 is 27.5 Å². The van der Waals surface area contributed by atoms with Crippen LogP contribution in [-0.2, 0) is 4.74 Å². The average molecular weight is 391 g/mol. The van der Waals surface area contributed by atoms with E-state index in [0.29, 0.717) is 6.04 Å². The van der Waals surface area contributed by atoms with Gasteiger partial charge in [-0.05, 0) is 38.8 Å². The number of ether oxygens (including phenoxy) is 1. The van der Waals surface area contributed by atoms with E-state index < -0.39 is 0 Å². The number of hydrogen-bond donors (Lipinski definition) is 1. The molecule has 148 valence electrons. The maximum absolute atomic E-state index is 12.6. The third-order valence-electron chi connectivity index (χ3n) is 5.75. The molecule has 4 rings (SSSR count). The number of rotatable bonds is 6. The fourth-order valence-corrected chi connectivity index (χ4v) is 5.32. The highest BCUT2D eigenvalue weighted by Gasteiger charge is 2.22. The first kappa shape index (κ1) is 18.9. The van der Waals surface area contributed by atoms with Gasteiger partial charge in [0.25, 0.3) is 5.91 Å². The molecule has 2 aliphatic rings. The van der Waals surface area contributed by atoms with Crippen molar-refractivity contribution in [1.82, 2.24) is 20.0 Å². The number of carbonyl (C=O) groups excluding carboxylic acids is 1. The molecule has 1 aliphatic heterocycles. The Morgan fingerprint density at radius 1 is 1.30 bits per heavy atom. The number of carbonyl (C=O) groups is 1. The number of amides is 1. The van der Waals surface area contributed by atoms with Gasteiger partial charge in [0, 0.05) is 25.0 Å². The van der Waals surface area contributed by atoms with Gasteiger partial charge in [0.05, 0.1) is 29.8 Å². The van der Waals surface area contributed by atoms with Gasteiger partial charge in [-0.15, -0.1) is 11.3 Å². The largest absolute Gasteiger partial charge is 0.379 e. The van der Waals surface area contributed by atoms with Gasteiger partial charge in [0.2, 0.25) is 0 Å². The highest BCUT2D eigenvalue weighted by atomic mass is 32.1. The summed E-state index contributed by atoms with van der Waals surface area (Å²) in [6.45, 7) is 7.45. The maximum atomic E-state index is 12.6. The van der Waals surface area contributed by atoms with E-state index in [0.717, 1.165) is 66.6 Å². The molecule has 1 saturated heterocycles. The van der Waals surface area contributed by atoms with Crippen LogP contribution in [0.1, 0.15) is 59.9 Å². The molecule has 0 aromatic carbocycles. The third kappa shape index (κ3) is 4.36. The molecular formula is C20H30N4O2S. The van der Waals surface area contributed by atoms with Gasteiger partial charge in [-0.3, -0.25) is 14.4 Å². The van der Waals surface area contributed by atoms with E-state index >= 15 is 0 Å². The topological polar surface area (TPSA) is 59.4 Å². The summed E-state index contributed by atoms with van der Waals surface area (Å²) in [7, 11) is 0. The summed E-state index contributed by atoms with van der Waals surface area (Å²) >= 11 is 1.59. The third-order valence-corrected chi connectivity index (χ3v) is 6.88. The number of aromatic nitrogens is 2. The molecule has 0 spiro atoms. The summed E-state index contributed by atoms with van der Waals surface area (Å²) in [6, 6.07) is 2.52. The van der Waals surface area contributed by atoms with Gasteiger partial charge >= 0.3 is 0 Å². The molecule has 6 nitrogen and oxygen atoms in total. The standard InChI is InChI=1S/C20H30N4O2S/c1-15-17-14-18(19(25)21-8-5-9-23-10-12-26-13-11-23)27-20(17)24(22-15)16-6-3-2-4-7-16/h14,16H,2-13H2,1H3,(H,21,25). The van der Waals surface area contributed by atoms with Crippen LogP contribution in [-0.4, -0.2) is 60.0 Å². The van der Waals surface area contributed by atoms with Crippen LogP contribution in [0.2, 0.25) is 0 Å². The Morgan fingerprint density at radius 3 is 2.85 bits per heavy atom. The minimum absolute atomic E-state index is 0.0489. The Kier molecular flexibility index (Phi) is 6.10. The molecule has 0 radical (unpaired) electrons. The Morgan fingerprint density at radius 2 is 2.07 bits per heavy atom. The Labute approximate surface area is 164 Å². The monoisotopic (exact) mass is 390 g/mol. The maximum Gasteiger partial charge on any atom is 0.261 e. The lowest BCUT2D eigenvalue weighted by Crippen LogP contribution is -2.38. The van der Waals surface area contributed by atoms with Crippen LogP contribution in [0.3, 0.4) is 0 Å². The van der Waals surface area contributed by atoms with E-state index in [4.69, 9.17) is 9.84 Å². The van der Waals surface area contributed by atoms with Crippen molar-refractivity contribution in [3.63, 3.8) is 0 Å². The fourth-order valence-electron chi connectivity index (χ4n) is 4.17. The quantitative estimate of drug-likeness (QED) is 0.769. The average Bonchev–Trinajstić information content (AvgIpc) is 3.27. The van der Waals surface area contributed by atoms with Crippen LogP contribution < -0.4 is 5.32 Å². The predicted octanol–water partition coefficient (Wildman–Crippen LogP) is 3.36. The second kappa shape index (κ2) is 8.71. The number of nitrogens with zero attached hydrogens (tertiary/aromatic N) is 3. The lowest BCUT2D eigenvalue weighted by atomic mass is 9.96. The summed E-state index contributed by atoms with van der Waals surface area (Å²) in [5.74, 6) is 0.0489. The van der Waals surface area contributed by atoms with E-state index in [1.807, 2.05) is 6.07 Å². The highest BCUT2D eigenvalue weighted by Crippen LogP contribution is 2.35. The van der Waals surface area contributed by atoms with Crippen LogP contribution in [0.5, 0.6) is 0 Å². The smallest absolute Gasteiger partial charge is 0.261 e. The first-order chi connectivity index (χ1) is 13.2. The summed E-state index contributed by atoms with van der Waals surface area (Å²) in [6.07, 6.45) is 7.29. The molecule has 0 unspecified atom stereocenters. The van der Waals surface area contributed by atoms with Gasteiger partial charge in [-0.2, -0.15) is 5.10 Å². The van der Waals surface area contributed by atoms with Crippen LogP contribution in [0, 0.1) is 6.92 Å². The molecule has 7 heteroatoms. The Balaban J connectivity index is 1.35.